The van der Waals surface area contributed by atoms with E-state index in [0.29, 0.717) is 0 Å². The molecule has 1 N–H and O–H groups in total. The summed E-state index contributed by atoms with van der Waals surface area (Å²) in [7, 11) is 0. The van der Waals surface area contributed by atoms with Crippen molar-refractivity contribution in [2.75, 3.05) is 26.3 Å². The minimum absolute atomic E-state index is 0.215. The van der Waals surface area contributed by atoms with Gasteiger partial charge in [0, 0.05) is 13.2 Å². The lowest BCUT2D eigenvalue weighted by molar-refractivity contribution is -0.142. The molecule has 4 nitrogen and oxygen atoms in total. The van der Waals surface area contributed by atoms with E-state index in [-0.39, 0.29) is 6.04 Å². The highest BCUT2D eigenvalue weighted by Crippen LogP contribution is 2.22. The number of unbranched alkanes of at least 4 members (excludes halogenated alkanes) is 1. The van der Waals surface area contributed by atoms with Crippen molar-refractivity contribution >= 4 is 5.97 Å². The molecule has 1 atom stereocenters. The number of hydrogen-bond acceptors (Lipinski definition) is 3. The van der Waals surface area contributed by atoms with Gasteiger partial charge in [-0.05, 0) is 51.1 Å². The van der Waals surface area contributed by atoms with E-state index < -0.39 is 5.97 Å². The third-order valence-corrected chi connectivity index (χ3v) is 4.30. The van der Waals surface area contributed by atoms with Gasteiger partial charge in [0.2, 0.25) is 0 Å². The summed E-state index contributed by atoms with van der Waals surface area (Å²) in [5.74, 6) is 0.199. The topological polar surface area (TPSA) is 49.8 Å². The number of aliphatic carboxylic acids is 1. The summed E-state index contributed by atoms with van der Waals surface area (Å²) in [5.41, 5.74) is 0. The molecular weight excluding hydrogens is 230 g/mol. The van der Waals surface area contributed by atoms with Gasteiger partial charge in [-0.25, -0.2) is 0 Å². The maximum Gasteiger partial charge on any atom is 0.320 e. The van der Waals surface area contributed by atoms with Crippen LogP contribution in [0.5, 0.6) is 0 Å². The Labute approximate surface area is 109 Å². The van der Waals surface area contributed by atoms with Crippen LogP contribution in [0.1, 0.15) is 44.9 Å². The maximum atomic E-state index is 11.0. The summed E-state index contributed by atoms with van der Waals surface area (Å²) in [5, 5.41) is 9.09. The van der Waals surface area contributed by atoms with Crippen molar-refractivity contribution in [1.29, 1.82) is 0 Å². The second-order valence-electron chi connectivity index (χ2n) is 5.58. The van der Waals surface area contributed by atoms with Crippen LogP contribution >= 0.6 is 0 Å². The first-order valence-electron chi connectivity index (χ1n) is 7.32. The normalized spacial score (nSPS) is 26.6. The van der Waals surface area contributed by atoms with Crippen LogP contribution < -0.4 is 0 Å². The van der Waals surface area contributed by atoms with Crippen LogP contribution in [0, 0.1) is 5.92 Å². The summed E-state index contributed by atoms with van der Waals surface area (Å²) in [6, 6.07) is -0.215. The molecule has 0 radical (unpaired) electrons. The van der Waals surface area contributed by atoms with Crippen LogP contribution in [0.15, 0.2) is 0 Å². The molecule has 0 saturated carbocycles. The van der Waals surface area contributed by atoms with E-state index >= 15 is 0 Å². The Balaban J connectivity index is 1.58. The average molecular weight is 255 g/mol. The SMILES string of the molecule is O=C(O)C1CCCN1CCCCC1CCOCC1. The van der Waals surface area contributed by atoms with Crippen molar-refractivity contribution in [3.63, 3.8) is 0 Å². The highest BCUT2D eigenvalue weighted by molar-refractivity contribution is 5.73. The van der Waals surface area contributed by atoms with Gasteiger partial charge in [0.25, 0.3) is 0 Å². The lowest BCUT2D eigenvalue weighted by Crippen LogP contribution is -2.36. The van der Waals surface area contributed by atoms with Crippen molar-refractivity contribution in [3.8, 4) is 0 Å². The van der Waals surface area contributed by atoms with E-state index in [1.807, 2.05) is 0 Å². The van der Waals surface area contributed by atoms with Crippen LogP contribution in [0.2, 0.25) is 0 Å². The number of hydrogen-bond donors (Lipinski definition) is 1. The second-order valence-corrected chi connectivity index (χ2v) is 5.58. The lowest BCUT2D eigenvalue weighted by Gasteiger charge is -2.23. The fraction of sp³-hybridized carbons (Fsp3) is 0.929. The molecule has 0 aliphatic carbocycles. The summed E-state index contributed by atoms with van der Waals surface area (Å²) >= 11 is 0. The molecule has 104 valence electrons. The highest BCUT2D eigenvalue weighted by Gasteiger charge is 2.29. The van der Waals surface area contributed by atoms with Crippen LogP contribution in [-0.4, -0.2) is 48.3 Å². The van der Waals surface area contributed by atoms with Gasteiger partial charge in [-0.3, -0.25) is 9.69 Å². The molecule has 2 aliphatic heterocycles. The predicted molar refractivity (Wildman–Crippen MR) is 69.6 cm³/mol. The smallest absolute Gasteiger partial charge is 0.320 e. The molecule has 0 bridgehead atoms. The first-order chi connectivity index (χ1) is 8.77. The molecule has 0 amide bonds. The molecule has 0 aromatic carbocycles. The standard InChI is InChI=1S/C14H25NO3/c16-14(17)13-5-3-9-15(13)8-2-1-4-12-6-10-18-11-7-12/h12-13H,1-11H2,(H,16,17). The lowest BCUT2D eigenvalue weighted by atomic mass is 9.94. The first-order valence-corrected chi connectivity index (χ1v) is 7.32. The van der Waals surface area contributed by atoms with E-state index in [1.165, 1.54) is 25.7 Å². The summed E-state index contributed by atoms with van der Waals surface area (Å²) in [6.07, 6.45) is 7.94. The Morgan fingerprint density at radius 1 is 1.22 bits per heavy atom. The summed E-state index contributed by atoms with van der Waals surface area (Å²) in [4.78, 5) is 13.2. The van der Waals surface area contributed by atoms with Crippen molar-refractivity contribution < 1.29 is 14.6 Å². The monoisotopic (exact) mass is 255 g/mol. The number of nitrogens with zero attached hydrogens (tertiary/aromatic N) is 1. The zero-order valence-electron chi connectivity index (χ0n) is 11.1. The Kier molecular flexibility index (Phi) is 5.45. The van der Waals surface area contributed by atoms with E-state index in [0.717, 1.165) is 51.5 Å². The van der Waals surface area contributed by atoms with E-state index in [1.54, 1.807) is 0 Å². The second kappa shape index (κ2) is 7.10. The van der Waals surface area contributed by atoms with Gasteiger partial charge in [-0.1, -0.05) is 12.8 Å². The molecular formula is C14H25NO3. The Bertz CT molecular complexity index is 264. The Morgan fingerprint density at radius 2 is 2.00 bits per heavy atom. The summed E-state index contributed by atoms with van der Waals surface area (Å²) < 4.78 is 5.35. The third-order valence-electron chi connectivity index (χ3n) is 4.30. The molecule has 0 aromatic heterocycles. The molecule has 0 aromatic rings. The predicted octanol–water partition coefficient (Wildman–Crippen LogP) is 2.13. The Hall–Kier alpha value is -0.610. The third kappa shape index (κ3) is 3.95. The minimum Gasteiger partial charge on any atom is -0.480 e. The van der Waals surface area contributed by atoms with Gasteiger partial charge in [-0.15, -0.1) is 0 Å². The molecule has 2 fully saturated rings. The maximum absolute atomic E-state index is 11.0. The number of carbonyl (C=O) groups is 1. The van der Waals surface area contributed by atoms with Crippen molar-refractivity contribution in [1.82, 2.24) is 4.90 Å². The molecule has 2 heterocycles. The van der Waals surface area contributed by atoms with Gasteiger partial charge >= 0.3 is 5.97 Å². The van der Waals surface area contributed by atoms with E-state index in [9.17, 15) is 4.79 Å². The number of carboxylic acid groups (broad SMARTS) is 1. The quantitative estimate of drug-likeness (QED) is 0.739. The molecule has 2 aliphatic rings. The number of likely N-dealkylation sites (tertiary alicyclic amines) is 1. The number of carboxylic acids is 1. The number of rotatable bonds is 6. The Morgan fingerprint density at radius 3 is 2.72 bits per heavy atom. The van der Waals surface area contributed by atoms with Gasteiger partial charge in [0.15, 0.2) is 0 Å². The molecule has 1 unspecified atom stereocenters. The molecule has 0 spiro atoms. The van der Waals surface area contributed by atoms with Crippen LogP contribution in [0.25, 0.3) is 0 Å². The molecule has 2 saturated heterocycles. The van der Waals surface area contributed by atoms with Gasteiger partial charge < -0.3 is 9.84 Å². The molecule has 4 heteroatoms. The summed E-state index contributed by atoms with van der Waals surface area (Å²) in [6.45, 7) is 3.78. The van der Waals surface area contributed by atoms with Crippen LogP contribution in [-0.2, 0) is 9.53 Å². The number of ether oxygens (including phenoxy) is 1. The highest BCUT2D eigenvalue weighted by atomic mass is 16.5. The average Bonchev–Trinajstić information content (AvgIpc) is 2.84. The zero-order chi connectivity index (χ0) is 12.8. The van der Waals surface area contributed by atoms with E-state index in [2.05, 4.69) is 4.90 Å². The van der Waals surface area contributed by atoms with E-state index in [4.69, 9.17) is 9.84 Å². The van der Waals surface area contributed by atoms with Crippen molar-refractivity contribution in [2.24, 2.45) is 5.92 Å². The van der Waals surface area contributed by atoms with Crippen LogP contribution in [0.4, 0.5) is 0 Å². The minimum atomic E-state index is -0.642. The van der Waals surface area contributed by atoms with Crippen molar-refractivity contribution in [2.45, 2.75) is 51.0 Å². The van der Waals surface area contributed by atoms with Gasteiger partial charge in [-0.2, -0.15) is 0 Å². The largest absolute Gasteiger partial charge is 0.480 e. The zero-order valence-corrected chi connectivity index (χ0v) is 11.1. The fourth-order valence-corrected chi connectivity index (χ4v) is 3.16. The first kappa shape index (κ1) is 13.8. The molecule has 18 heavy (non-hydrogen) atoms. The van der Waals surface area contributed by atoms with Gasteiger partial charge in [0.05, 0.1) is 0 Å². The molecule has 2 rings (SSSR count). The van der Waals surface area contributed by atoms with Gasteiger partial charge in [0.1, 0.15) is 6.04 Å². The van der Waals surface area contributed by atoms with Crippen LogP contribution in [0.3, 0.4) is 0 Å². The fourth-order valence-electron chi connectivity index (χ4n) is 3.16. The van der Waals surface area contributed by atoms with Crippen molar-refractivity contribution in [3.05, 3.63) is 0 Å².